The Labute approximate surface area is 111 Å². The summed E-state index contributed by atoms with van der Waals surface area (Å²) in [5, 5.41) is 2.86. The van der Waals surface area contributed by atoms with Gasteiger partial charge in [-0.1, -0.05) is 12.1 Å². The zero-order valence-corrected chi connectivity index (χ0v) is 10.5. The number of rotatable bonds is 6. The second-order valence-electron chi connectivity index (χ2n) is 4.09. The van der Waals surface area contributed by atoms with E-state index in [1.165, 1.54) is 0 Å². The van der Waals surface area contributed by atoms with Gasteiger partial charge in [0, 0.05) is 25.4 Å². The van der Waals surface area contributed by atoms with Crippen LogP contribution in [0.2, 0.25) is 0 Å². The molecule has 19 heavy (non-hydrogen) atoms. The van der Waals surface area contributed by atoms with E-state index in [-0.39, 0.29) is 5.91 Å². The molecule has 6 heteroatoms. The summed E-state index contributed by atoms with van der Waals surface area (Å²) in [6.45, 7) is 0.596. The van der Waals surface area contributed by atoms with Crippen LogP contribution in [0.25, 0.3) is 0 Å². The van der Waals surface area contributed by atoms with Crippen molar-refractivity contribution in [2.45, 2.75) is 12.8 Å². The zero-order chi connectivity index (χ0) is 13.5. The number of carbonyl (C=O) groups is 1. The molecule has 0 aliphatic carbocycles. The minimum Gasteiger partial charge on any atom is -0.352 e. The van der Waals surface area contributed by atoms with Crippen molar-refractivity contribution in [3.63, 3.8) is 0 Å². The summed E-state index contributed by atoms with van der Waals surface area (Å²) in [6, 6.07) is 7.12. The smallest absolute Gasteiger partial charge is 0.253 e. The lowest BCUT2D eigenvalue weighted by Crippen LogP contribution is -2.26. The van der Waals surface area contributed by atoms with Gasteiger partial charge in [0.1, 0.15) is 5.82 Å². The lowest BCUT2D eigenvalue weighted by Gasteiger charge is -2.09. The number of anilines is 1. The summed E-state index contributed by atoms with van der Waals surface area (Å²) in [5.41, 5.74) is 3.67. The van der Waals surface area contributed by atoms with E-state index in [1.54, 1.807) is 30.6 Å². The van der Waals surface area contributed by atoms with Crippen molar-refractivity contribution in [1.82, 2.24) is 15.3 Å². The Hall–Kier alpha value is -2.34. The largest absolute Gasteiger partial charge is 0.352 e. The molecule has 2 aromatic rings. The monoisotopic (exact) mass is 259 g/mol. The molecule has 1 amide bonds. The van der Waals surface area contributed by atoms with Gasteiger partial charge in [0.2, 0.25) is 0 Å². The number of nitrogens with one attached hydrogen (secondary N) is 3. The average Bonchev–Trinajstić information content (AvgIpc) is 2.96. The van der Waals surface area contributed by atoms with Gasteiger partial charge in [-0.2, -0.15) is 0 Å². The number of nitrogens with two attached hydrogens (primary N) is 1. The van der Waals surface area contributed by atoms with Gasteiger partial charge < -0.3 is 15.7 Å². The maximum Gasteiger partial charge on any atom is 0.253 e. The highest BCUT2D eigenvalue weighted by Gasteiger charge is 2.09. The van der Waals surface area contributed by atoms with Crippen molar-refractivity contribution in [2.24, 2.45) is 5.84 Å². The van der Waals surface area contributed by atoms with Gasteiger partial charge >= 0.3 is 0 Å². The number of H-pyrrole nitrogens is 1. The van der Waals surface area contributed by atoms with Gasteiger partial charge in [0.15, 0.2) is 0 Å². The maximum atomic E-state index is 12.0. The molecule has 5 N–H and O–H groups in total. The summed E-state index contributed by atoms with van der Waals surface area (Å²) in [7, 11) is 0. The number of hydrazine groups is 1. The highest BCUT2D eigenvalue weighted by molar-refractivity contribution is 5.99. The highest BCUT2D eigenvalue weighted by Crippen LogP contribution is 2.12. The first-order valence-corrected chi connectivity index (χ1v) is 6.13. The summed E-state index contributed by atoms with van der Waals surface area (Å²) < 4.78 is 0. The molecule has 0 radical (unpaired) electrons. The summed E-state index contributed by atoms with van der Waals surface area (Å²) in [5.74, 6) is 6.16. The van der Waals surface area contributed by atoms with Crippen LogP contribution in [0.4, 0.5) is 5.69 Å². The van der Waals surface area contributed by atoms with Crippen molar-refractivity contribution in [3.05, 3.63) is 48.0 Å². The van der Waals surface area contributed by atoms with Crippen LogP contribution in [-0.2, 0) is 6.42 Å². The number of benzene rings is 1. The van der Waals surface area contributed by atoms with Crippen LogP contribution in [0.15, 0.2) is 36.7 Å². The number of carbonyl (C=O) groups excluding carboxylic acids is 1. The molecule has 6 nitrogen and oxygen atoms in total. The Kier molecular flexibility index (Phi) is 4.52. The summed E-state index contributed by atoms with van der Waals surface area (Å²) in [4.78, 5) is 19.1. The minimum atomic E-state index is -0.131. The average molecular weight is 259 g/mol. The lowest BCUT2D eigenvalue weighted by atomic mass is 10.1. The van der Waals surface area contributed by atoms with Gasteiger partial charge in [0.25, 0.3) is 5.91 Å². The molecule has 2 rings (SSSR count). The van der Waals surface area contributed by atoms with Gasteiger partial charge in [-0.25, -0.2) is 4.98 Å². The van der Waals surface area contributed by atoms with Crippen LogP contribution in [0, 0.1) is 0 Å². The number of hydrogen-bond acceptors (Lipinski definition) is 4. The van der Waals surface area contributed by atoms with Crippen molar-refractivity contribution < 1.29 is 4.79 Å². The number of amides is 1. The Morgan fingerprint density at radius 1 is 1.37 bits per heavy atom. The van der Waals surface area contributed by atoms with E-state index < -0.39 is 0 Å². The Bertz CT molecular complexity index is 524. The van der Waals surface area contributed by atoms with E-state index in [0.29, 0.717) is 17.8 Å². The first-order valence-electron chi connectivity index (χ1n) is 6.13. The third-order valence-corrected chi connectivity index (χ3v) is 2.76. The fraction of sp³-hybridized carbons (Fsp3) is 0.231. The number of aromatic amines is 1. The molecule has 1 aromatic heterocycles. The molecule has 0 saturated carbocycles. The van der Waals surface area contributed by atoms with Crippen LogP contribution in [-0.4, -0.2) is 22.4 Å². The normalized spacial score (nSPS) is 10.2. The SMILES string of the molecule is NNc1ccccc1C(=O)NCCCc1ncc[nH]1. The molecule has 0 fully saturated rings. The van der Waals surface area contributed by atoms with E-state index >= 15 is 0 Å². The second kappa shape index (κ2) is 6.55. The zero-order valence-electron chi connectivity index (χ0n) is 10.5. The van der Waals surface area contributed by atoms with Crippen LogP contribution in [0.3, 0.4) is 0 Å². The van der Waals surface area contributed by atoms with Crippen molar-refractivity contribution >= 4 is 11.6 Å². The lowest BCUT2D eigenvalue weighted by molar-refractivity contribution is 0.0954. The van der Waals surface area contributed by atoms with E-state index in [4.69, 9.17) is 5.84 Å². The van der Waals surface area contributed by atoms with E-state index in [2.05, 4.69) is 20.7 Å². The predicted octanol–water partition coefficient (Wildman–Crippen LogP) is 1.06. The molecular formula is C13H17N5O. The standard InChI is InChI=1S/C13H17N5O/c14-18-11-5-2-1-4-10(11)13(19)17-7-3-6-12-15-8-9-16-12/h1-2,4-5,8-9,18H,3,6-7,14H2,(H,15,16)(H,17,19). The molecule has 1 heterocycles. The Balaban J connectivity index is 1.81. The third kappa shape index (κ3) is 3.56. The van der Waals surface area contributed by atoms with Gasteiger partial charge in [0.05, 0.1) is 11.3 Å². The molecule has 0 aliphatic rings. The highest BCUT2D eigenvalue weighted by atomic mass is 16.1. The van der Waals surface area contributed by atoms with E-state index in [0.717, 1.165) is 18.7 Å². The number of para-hydroxylation sites is 1. The summed E-state index contributed by atoms with van der Waals surface area (Å²) >= 11 is 0. The Morgan fingerprint density at radius 2 is 2.21 bits per heavy atom. The molecule has 0 spiro atoms. The molecule has 0 bridgehead atoms. The van der Waals surface area contributed by atoms with Crippen molar-refractivity contribution in [1.29, 1.82) is 0 Å². The number of hydrogen-bond donors (Lipinski definition) is 4. The molecule has 0 aliphatic heterocycles. The fourth-order valence-electron chi connectivity index (χ4n) is 1.79. The first-order chi connectivity index (χ1) is 9.31. The molecule has 0 atom stereocenters. The molecule has 0 unspecified atom stereocenters. The molecule has 1 aromatic carbocycles. The topological polar surface area (TPSA) is 95.8 Å². The number of aryl methyl sites for hydroxylation is 1. The summed E-state index contributed by atoms with van der Waals surface area (Å²) in [6.07, 6.45) is 5.15. The maximum absolute atomic E-state index is 12.0. The minimum absolute atomic E-state index is 0.131. The van der Waals surface area contributed by atoms with Crippen LogP contribution in [0.1, 0.15) is 22.6 Å². The quantitative estimate of drug-likeness (QED) is 0.354. The Morgan fingerprint density at radius 3 is 2.95 bits per heavy atom. The molecule has 0 saturated heterocycles. The van der Waals surface area contributed by atoms with Gasteiger partial charge in [-0.05, 0) is 18.6 Å². The number of nitrogens with zero attached hydrogens (tertiary/aromatic N) is 1. The van der Waals surface area contributed by atoms with Gasteiger partial charge in [-0.3, -0.25) is 10.6 Å². The molecular weight excluding hydrogens is 242 g/mol. The van der Waals surface area contributed by atoms with Crippen LogP contribution >= 0.6 is 0 Å². The second-order valence-corrected chi connectivity index (χ2v) is 4.09. The van der Waals surface area contributed by atoms with Crippen LogP contribution < -0.4 is 16.6 Å². The van der Waals surface area contributed by atoms with Crippen LogP contribution in [0.5, 0.6) is 0 Å². The first kappa shape index (κ1) is 13.1. The van der Waals surface area contributed by atoms with E-state index in [9.17, 15) is 4.79 Å². The van der Waals surface area contributed by atoms with E-state index in [1.807, 2.05) is 6.07 Å². The number of nitrogen functional groups attached to an aromatic ring is 1. The van der Waals surface area contributed by atoms with Crippen molar-refractivity contribution in [2.75, 3.05) is 12.0 Å². The van der Waals surface area contributed by atoms with Gasteiger partial charge in [-0.15, -0.1) is 0 Å². The number of aromatic nitrogens is 2. The fourth-order valence-corrected chi connectivity index (χ4v) is 1.79. The molecule has 100 valence electrons. The predicted molar refractivity (Wildman–Crippen MR) is 73.5 cm³/mol. The number of imidazole rings is 1. The third-order valence-electron chi connectivity index (χ3n) is 2.76. The van der Waals surface area contributed by atoms with Crippen molar-refractivity contribution in [3.8, 4) is 0 Å².